The number of hydrogen-bond donors (Lipinski definition) is 1. The van der Waals surface area contributed by atoms with E-state index in [4.69, 9.17) is 24.7 Å². The van der Waals surface area contributed by atoms with Crippen molar-refractivity contribution in [2.24, 2.45) is 0 Å². The summed E-state index contributed by atoms with van der Waals surface area (Å²) < 4.78 is 35.6. The van der Waals surface area contributed by atoms with Crippen LogP contribution in [-0.4, -0.2) is 56.7 Å². The molecule has 11 nitrogen and oxygen atoms in total. The molecule has 13 heteroatoms. The van der Waals surface area contributed by atoms with Crippen molar-refractivity contribution in [3.8, 4) is 0 Å². The highest BCUT2D eigenvalue weighted by molar-refractivity contribution is 9.09. The summed E-state index contributed by atoms with van der Waals surface area (Å²) in [6.45, 7) is 4.59. The maximum atomic E-state index is 13.8. The third-order valence-corrected chi connectivity index (χ3v) is 5.02. The first-order valence-electron chi connectivity index (χ1n) is 8.71. The number of nitrogens with two attached hydrogens (primary N) is 1. The van der Waals surface area contributed by atoms with Crippen molar-refractivity contribution in [2.75, 3.05) is 12.3 Å². The molecule has 0 saturated carbocycles. The molecular formula is C17H21BrFN3O8. The number of halogens is 2. The SMILES string of the molecule is CC(=O)O[C@H]1[C@@H](Br)[C@H](n2cc(F)c(N)nc2=O)O[C@@H]1COC(=O)C(C)(C)OC(C)=O. The minimum Gasteiger partial charge on any atom is -0.460 e. The minimum atomic E-state index is -1.56. The first-order valence-corrected chi connectivity index (χ1v) is 9.62. The lowest BCUT2D eigenvalue weighted by molar-refractivity contribution is -0.181. The summed E-state index contributed by atoms with van der Waals surface area (Å²) >= 11 is 3.28. The summed E-state index contributed by atoms with van der Waals surface area (Å²) in [5.41, 5.74) is 2.83. The lowest BCUT2D eigenvalue weighted by Gasteiger charge is -2.24. The van der Waals surface area contributed by atoms with E-state index in [1.807, 2.05) is 0 Å². The molecule has 1 aliphatic rings. The van der Waals surface area contributed by atoms with Gasteiger partial charge in [-0.3, -0.25) is 14.2 Å². The number of esters is 3. The van der Waals surface area contributed by atoms with E-state index in [-0.39, 0.29) is 0 Å². The Morgan fingerprint density at radius 2 is 1.97 bits per heavy atom. The van der Waals surface area contributed by atoms with Crippen LogP contribution in [0.5, 0.6) is 0 Å². The first kappa shape index (κ1) is 23.7. The van der Waals surface area contributed by atoms with Gasteiger partial charge in [-0.25, -0.2) is 14.0 Å². The molecule has 0 amide bonds. The summed E-state index contributed by atoms with van der Waals surface area (Å²) in [6.07, 6.45) is -2.35. The number of carbonyl (C=O) groups excluding carboxylic acids is 3. The Bertz CT molecular complexity index is 905. The van der Waals surface area contributed by atoms with E-state index in [9.17, 15) is 23.6 Å². The standard InChI is InChI=1S/C17H21BrFN3O8/c1-7(23)28-12-10(6-27-15(25)17(3,4)30-8(2)24)29-14(11(12)18)22-5-9(19)13(20)21-16(22)26/h5,10-12,14H,6H2,1-4H3,(H2,20,21,26)/t10-,11-,12-,14-/m1/s1. The van der Waals surface area contributed by atoms with E-state index in [1.165, 1.54) is 13.8 Å². The van der Waals surface area contributed by atoms with Gasteiger partial charge in [0.2, 0.25) is 5.60 Å². The summed E-state index contributed by atoms with van der Waals surface area (Å²) in [5, 5.41) is 0. The Balaban J connectivity index is 2.23. The van der Waals surface area contributed by atoms with Crippen LogP contribution in [0.3, 0.4) is 0 Å². The number of hydrogen-bond acceptors (Lipinski definition) is 10. The van der Waals surface area contributed by atoms with Crippen molar-refractivity contribution in [1.82, 2.24) is 9.55 Å². The molecule has 0 radical (unpaired) electrons. The molecule has 1 aromatic heterocycles. The molecule has 0 bridgehead atoms. The topological polar surface area (TPSA) is 149 Å². The molecule has 166 valence electrons. The molecule has 0 unspecified atom stereocenters. The van der Waals surface area contributed by atoms with Crippen LogP contribution in [0.25, 0.3) is 0 Å². The molecule has 0 aromatic carbocycles. The predicted octanol–water partition coefficient (Wildman–Crippen LogP) is 0.442. The summed E-state index contributed by atoms with van der Waals surface area (Å²) in [4.78, 5) is 49.6. The van der Waals surface area contributed by atoms with Crippen LogP contribution in [0.1, 0.15) is 33.9 Å². The van der Waals surface area contributed by atoms with Crippen molar-refractivity contribution >= 4 is 39.7 Å². The fraction of sp³-hybridized carbons (Fsp3) is 0.588. The molecule has 1 aromatic rings. The van der Waals surface area contributed by atoms with E-state index in [0.717, 1.165) is 24.6 Å². The fourth-order valence-electron chi connectivity index (χ4n) is 2.76. The molecule has 1 fully saturated rings. The quantitative estimate of drug-likeness (QED) is 0.336. The van der Waals surface area contributed by atoms with Gasteiger partial charge in [0.25, 0.3) is 0 Å². The number of nitrogen functional groups attached to an aromatic ring is 1. The molecule has 30 heavy (non-hydrogen) atoms. The zero-order chi connectivity index (χ0) is 22.8. The zero-order valence-corrected chi connectivity index (χ0v) is 18.2. The number of nitrogens with zero attached hydrogens (tertiary/aromatic N) is 2. The van der Waals surface area contributed by atoms with E-state index in [1.54, 1.807) is 0 Å². The summed E-state index contributed by atoms with van der Waals surface area (Å²) in [5.74, 6) is -3.71. The normalized spacial score (nSPS) is 23.7. The smallest absolute Gasteiger partial charge is 0.351 e. The van der Waals surface area contributed by atoms with Gasteiger partial charge in [0, 0.05) is 13.8 Å². The third-order valence-electron chi connectivity index (χ3n) is 4.05. The molecular weight excluding hydrogens is 473 g/mol. The van der Waals surface area contributed by atoms with Gasteiger partial charge in [-0.2, -0.15) is 4.98 Å². The van der Waals surface area contributed by atoms with E-state index in [0.29, 0.717) is 0 Å². The second kappa shape index (κ2) is 9.08. The Hall–Kier alpha value is -2.54. The van der Waals surface area contributed by atoms with Crippen LogP contribution >= 0.6 is 15.9 Å². The number of ether oxygens (including phenoxy) is 4. The first-order chi connectivity index (χ1) is 13.8. The van der Waals surface area contributed by atoms with Crippen molar-refractivity contribution in [2.45, 2.75) is 56.6 Å². The van der Waals surface area contributed by atoms with Crippen LogP contribution in [0.15, 0.2) is 11.0 Å². The lowest BCUT2D eigenvalue weighted by Crippen LogP contribution is -2.41. The monoisotopic (exact) mass is 493 g/mol. The molecule has 0 spiro atoms. The van der Waals surface area contributed by atoms with E-state index >= 15 is 0 Å². The van der Waals surface area contributed by atoms with Crippen LogP contribution in [-0.2, 0) is 33.3 Å². The van der Waals surface area contributed by atoms with Gasteiger partial charge < -0.3 is 24.7 Å². The Labute approximate surface area is 178 Å². The molecule has 1 saturated heterocycles. The molecule has 0 aliphatic carbocycles. The number of alkyl halides is 1. The van der Waals surface area contributed by atoms with E-state index in [2.05, 4.69) is 20.9 Å². The van der Waals surface area contributed by atoms with Crippen molar-refractivity contribution in [3.63, 3.8) is 0 Å². The largest absolute Gasteiger partial charge is 0.460 e. The molecule has 2 N–H and O–H groups in total. The Kier molecular flexibility index (Phi) is 7.18. The Morgan fingerprint density at radius 1 is 1.33 bits per heavy atom. The molecule has 2 heterocycles. The van der Waals surface area contributed by atoms with Gasteiger partial charge >= 0.3 is 23.6 Å². The molecule has 2 rings (SSSR count). The fourth-order valence-corrected chi connectivity index (χ4v) is 3.58. The van der Waals surface area contributed by atoms with Crippen LogP contribution in [0, 0.1) is 5.82 Å². The van der Waals surface area contributed by atoms with Gasteiger partial charge in [-0.1, -0.05) is 15.9 Å². The number of carbonyl (C=O) groups is 3. The average molecular weight is 494 g/mol. The predicted molar refractivity (Wildman–Crippen MR) is 102 cm³/mol. The summed E-state index contributed by atoms with van der Waals surface area (Å²) in [6, 6.07) is 0. The van der Waals surface area contributed by atoms with Crippen molar-refractivity contribution in [3.05, 3.63) is 22.5 Å². The number of aromatic nitrogens is 2. The number of rotatable bonds is 6. The van der Waals surface area contributed by atoms with Crippen molar-refractivity contribution < 1.29 is 37.7 Å². The highest BCUT2D eigenvalue weighted by Gasteiger charge is 2.48. The van der Waals surface area contributed by atoms with Gasteiger partial charge in [0.1, 0.15) is 18.8 Å². The maximum Gasteiger partial charge on any atom is 0.351 e. The highest BCUT2D eigenvalue weighted by atomic mass is 79.9. The maximum absolute atomic E-state index is 13.8. The van der Waals surface area contributed by atoms with Crippen molar-refractivity contribution in [1.29, 1.82) is 0 Å². The van der Waals surface area contributed by atoms with Gasteiger partial charge in [0.05, 0.1) is 11.0 Å². The molecule has 1 aliphatic heterocycles. The Morgan fingerprint density at radius 3 is 2.53 bits per heavy atom. The minimum absolute atomic E-state index is 0.403. The zero-order valence-electron chi connectivity index (χ0n) is 16.6. The summed E-state index contributed by atoms with van der Waals surface area (Å²) in [7, 11) is 0. The van der Waals surface area contributed by atoms with Crippen LogP contribution in [0.2, 0.25) is 0 Å². The second-order valence-electron chi connectivity index (χ2n) is 6.95. The molecule has 4 atom stereocenters. The van der Waals surface area contributed by atoms with Crippen LogP contribution in [0.4, 0.5) is 10.2 Å². The lowest BCUT2D eigenvalue weighted by atomic mass is 10.1. The second-order valence-corrected chi connectivity index (χ2v) is 8.01. The number of anilines is 1. The van der Waals surface area contributed by atoms with Crippen LogP contribution < -0.4 is 11.4 Å². The third kappa shape index (κ3) is 5.33. The van der Waals surface area contributed by atoms with Gasteiger partial charge in [0.15, 0.2) is 17.9 Å². The van der Waals surface area contributed by atoms with E-state index < -0.39 is 70.7 Å². The highest BCUT2D eigenvalue weighted by Crippen LogP contribution is 2.36. The average Bonchev–Trinajstić information content (AvgIpc) is 2.90. The van der Waals surface area contributed by atoms with Gasteiger partial charge in [-0.05, 0) is 13.8 Å². The van der Waals surface area contributed by atoms with Gasteiger partial charge in [-0.15, -0.1) is 0 Å².